The standard InChI is InChI=1S/C11H10ClNO2/c12-9-3-8(4-10(13)5-9)11(14)7-1-2-15-6-7/h3-6H,1-2,13H2. The summed E-state index contributed by atoms with van der Waals surface area (Å²) < 4.78 is 5.01. The molecule has 0 radical (unpaired) electrons. The molecule has 78 valence electrons. The van der Waals surface area contributed by atoms with E-state index in [-0.39, 0.29) is 5.78 Å². The van der Waals surface area contributed by atoms with Crippen molar-refractivity contribution in [2.75, 3.05) is 12.3 Å². The minimum atomic E-state index is -0.0679. The van der Waals surface area contributed by atoms with Gasteiger partial charge in [-0.25, -0.2) is 0 Å². The number of hydrogen-bond acceptors (Lipinski definition) is 3. The Morgan fingerprint density at radius 1 is 1.40 bits per heavy atom. The number of nitrogens with two attached hydrogens (primary N) is 1. The van der Waals surface area contributed by atoms with Crippen molar-refractivity contribution >= 4 is 23.1 Å². The van der Waals surface area contributed by atoms with Crippen molar-refractivity contribution in [3.63, 3.8) is 0 Å². The van der Waals surface area contributed by atoms with Crippen LogP contribution in [0.25, 0.3) is 0 Å². The molecule has 0 aromatic heterocycles. The zero-order valence-electron chi connectivity index (χ0n) is 8.00. The number of carbonyl (C=O) groups is 1. The first-order valence-corrected chi connectivity index (χ1v) is 4.96. The van der Waals surface area contributed by atoms with Crippen LogP contribution in [0.4, 0.5) is 5.69 Å². The quantitative estimate of drug-likeness (QED) is 0.619. The molecule has 3 nitrogen and oxygen atoms in total. The molecule has 2 N–H and O–H groups in total. The van der Waals surface area contributed by atoms with Gasteiger partial charge in [0.05, 0.1) is 12.9 Å². The molecule has 1 aromatic carbocycles. The molecule has 0 saturated heterocycles. The number of rotatable bonds is 2. The third-order valence-electron chi connectivity index (χ3n) is 2.19. The van der Waals surface area contributed by atoms with Crippen LogP contribution in [0.15, 0.2) is 30.0 Å². The van der Waals surface area contributed by atoms with E-state index in [1.165, 1.54) is 6.26 Å². The van der Waals surface area contributed by atoms with Gasteiger partial charge >= 0.3 is 0 Å². The zero-order valence-corrected chi connectivity index (χ0v) is 8.75. The average Bonchev–Trinajstić information content (AvgIpc) is 2.67. The largest absolute Gasteiger partial charge is 0.500 e. The summed E-state index contributed by atoms with van der Waals surface area (Å²) in [6.45, 7) is 0.567. The normalized spacial score (nSPS) is 14.6. The van der Waals surface area contributed by atoms with Gasteiger partial charge in [0.1, 0.15) is 0 Å². The van der Waals surface area contributed by atoms with Crippen molar-refractivity contribution in [2.24, 2.45) is 0 Å². The average molecular weight is 224 g/mol. The Hall–Kier alpha value is -1.48. The topological polar surface area (TPSA) is 52.3 Å². The minimum Gasteiger partial charge on any atom is -0.500 e. The summed E-state index contributed by atoms with van der Waals surface area (Å²) in [5, 5.41) is 0.470. The number of hydrogen-bond donors (Lipinski definition) is 1. The van der Waals surface area contributed by atoms with Crippen molar-refractivity contribution < 1.29 is 9.53 Å². The molecule has 1 aliphatic rings. The lowest BCUT2D eigenvalue weighted by Crippen LogP contribution is -2.03. The van der Waals surface area contributed by atoms with Gasteiger partial charge < -0.3 is 10.5 Å². The molecular weight excluding hydrogens is 214 g/mol. The monoisotopic (exact) mass is 223 g/mol. The molecule has 0 spiro atoms. The zero-order chi connectivity index (χ0) is 10.8. The number of benzene rings is 1. The molecule has 0 atom stereocenters. The summed E-state index contributed by atoms with van der Waals surface area (Å²) in [5.41, 5.74) is 7.27. The fraction of sp³-hybridized carbons (Fsp3) is 0.182. The highest BCUT2D eigenvalue weighted by atomic mass is 35.5. The maximum Gasteiger partial charge on any atom is 0.192 e. The lowest BCUT2D eigenvalue weighted by atomic mass is 10.0. The van der Waals surface area contributed by atoms with Gasteiger partial charge in [-0.1, -0.05) is 11.6 Å². The van der Waals surface area contributed by atoms with Crippen LogP contribution < -0.4 is 5.73 Å². The van der Waals surface area contributed by atoms with E-state index in [4.69, 9.17) is 22.1 Å². The highest BCUT2D eigenvalue weighted by molar-refractivity contribution is 6.31. The molecule has 0 aliphatic carbocycles. The van der Waals surface area contributed by atoms with Crippen LogP contribution in [0.1, 0.15) is 16.8 Å². The molecule has 2 rings (SSSR count). The van der Waals surface area contributed by atoms with Gasteiger partial charge in [0.25, 0.3) is 0 Å². The number of Topliss-reactive ketones (excluding diaryl/α,β-unsaturated/α-hetero) is 1. The molecule has 0 amide bonds. The first-order chi connectivity index (χ1) is 7.16. The van der Waals surface area contributed by atoms with Gasteiger partial charge in [0.2, 0.25) is 0 Å². The van der Waals surface area contributed by atoms with Gasteiger partial charge in [-0.15, -0.1) is 0 Å². The van der Waals surface area contributed by atoms with E-state index in [0.717, 1.165) is 0 Å². The first-order valence-electron chi connectivity index (χ1n) is 4.58. The Morgan fingerprint density at radius 2 is 2.20 bits per heavy atom. The summed E-state index contributed by atoms with van der Waals surface area (Å²) in [6.07, 6.45) is 2.14. The Kier molecular flexibility index (Phi) is 2.64. The van der Waals surface area contributed by atoms with Gasteiger partial charge in [-0.05, 0) is 18.2 Å². The summed E-state index contributed by atoms with van der Waals surface area (Å²) in [6, 6.07) is 4.84. The minimum absolute atomic E-state index is 0.0679. The lowest BCUT2D eigenvalue weighted by molar-refractivity contribution is 0.103. The van der Waals surface area contributed by atoms with E-state index in [9.17, 15) is 4.79 Å². The number of ketones is 1. The number of ether oxygens (including phenoxy) is 1. The summed E-state index contributed by atoms with van der Waals surface area (Å²) in [7, 11) is 0. The Balaban J connectivity index is 2.32. The van der Waals surface area contributed by atoms with E-state index >= 15 is 0 Å². The van der Waals surface area contributed by atoms with Gasteiger partial charge in [-0.2, -0.15) is 0 Å². The third kappa shape index (κ3) is 2.13. The molecule has 15 heavy (non-hydrogen) atoms. The molecule has 1 aromatic rings. The molecule has 0 fully saturated rings. The number of nitrogen functional groups attached to an aromatic ring is 1. The first kappa shape index (κ1) is 10.1. The Labute approximate surface area is 92.5 Å². The second-order valence-electron chi connectivity index (χ2n) is 3.37. The van der Waals surface area contributed by atoms with Gasteiger partial charge in [-0.3, -0.25) is 4.79 Å². The molecule has 0 unspecified atom stereocenters. The van der Waals surface area contributed by atoms with Gasteiger partial charge in [0, 0.05) is 28.3 Å². The maximum absolute atomic E-state index is 11.9. The van der Waals surface area contributed by atoms with E-state index in [1.54, 1.807) is 18.2 Å². The van der Waals surface area contributed by atoms with Crippen LogP contribution in [0.2, 0.25) is 5.02 Å². The smallest absolute Gasteiger partial charge is 0.192 e. The highest BCUT2D eigenvalue weighted by Crippen LogP contribution is 2.22. The maximum atomic E-state index is 11.9. The summed E-state index contributed by atoms with van der Waals surface area (Å²) in [4.78, 5) is 11.9. The van der Waals surface area contributed by atoms with Crippen molar-refractivity contribution in [3.8, 4) is 0 Å². The lowest BCUT2D eigenvalue weighted by Gasteiger charge is -2.02. The van der Waals surface area contributed by atoms with E-state index in [0.29, 0.717) is 34.9 Å². The van der Waals surface area contributed by atoms with Crippen molar-refractivity contribution in [3.05, 3.63) is 40.6 Å². The Morgan fingerprint density at radius 3 is 2.80 bits per heavy atom. The van der Waals surface area contributed by atoms with Crippen LogP contribution in [0.5, 0.6) is 0 Å². The second-order valence-corrected chi connectivity index (χ2v) is 3.80. The SMILES string of the molecule is Nc1cc(Cl)cc(C(=O)C2=COCC2)c1. The van der Waals surface area contributed by atoms with Crippen LogP contribution in [-0.4, -0.2) is 12.4 Å². The predicted molar refractivity (Wildman–Crippen MR) is 58.8 cm³/mol. The van der Waals surface area contributed by atoms with Crippen molar-refractivity contribution in [1.29, 1.82) is 0 Å². The molecule has 4 heteroatoms. The van der Waals surface area contributed by atoms with E-state index in [2.05, 4.69) is 0 Å². The highest BCUT2D eigenvalue weighted by Gasteiger charge is 2.17. The molecule has 0 saturated carbocycles. The van der Waals surface area contributed by atoms with E-state index < -0.39 is 0 Å². The third-order valence-corrected chi connectivity index (χ3v) is 2.41. The van der Waals surface area contributed by atoms with Crippen molar-refractivity contribution in [1.82, 2.24) is 0 Å². The van der Waals surface area contributed by atoms with Crippen LogP contribution in [0, 0.1) is 0 Å². The fourth-order valence-corrected chi connectivity index (χ4v) is 1.73. The molecular formula is C11H10ClNO2. The van der Waals surface area contributed by atoms with Gasteiger partial charge in [0.15, 0.2) is 5.78 Å². The summed E-state index contributed by atoms with van der Waals surface area (Å²) in [5.74, 6) is -0.0679. The molecule has 0 bridgehead atoms. The number of anilines is 1. The summed E-state index contributed by atoms with van der Waals surface area (Å²) >= 11 is 5.82. The second kappa shape index (κ2) is 3.95. The van der Waals surface area contributed by atoms with Crippen LogP contribution in [-0.2, 0) is 4.74 Å². The molecule has 1 heterocycles. The van der Waals surface area contributed by atoms with E-state index in [1.807, 2.05) is 0 Å². The molecule has 1 aliphatic heterocycles. The van der Waals surface area contributed by atoms with Crippen molar-refractivity contribution in [2.45, 2.75) is 6.42 Å². The van der Waals surface area contributed by atoms with Crippen LogP contribution >= 0.6 is 11.6 Å². The Bertz CT molecular complexity index is 420. The fourth-order valence-electron chi connectivity index (χ4n) is 1.48. The van der Waals surface area contributed by atoms with Crippen LogP contribution in [0.3, 0.4) is 0 Å². The predicted octanol–water partition coefficient (Wildman–Crippen LogP) is 2.41. The number of carbonyl (C=O) groups excluding carboxylic acids is 1. The number of halogens is 1.